The van der Waals surface area contributed by atoms with Crippen LogP contribution in [0.25, 0.3) is 0 Å². The van der Waals surface area contributed by atoms with Crippen LogP contribution in [0.5, 0.6) is 0 Å². The maximum atomic E-state index is 12.9. The molecule has 3 atom stereocenters. The zero-order valence-electron chi connectivity index (χ0n) is 14.5. The molecule has 0 saturated carbocycles. The van der Waals surface area contributed by atoms with Crippen molar-refractivity contribution in [3.63, 3.8) is 0 Å². The van der Waals surface area contributed by atoms with Crippen LogP contribution in [-0.2, 0) is 15.7 Å². The van der Waals surface area contributed by atoms with Gasteiger partial charge in [-0.15, -0.1) is 0 Å². The fourth-order valence-electron chi connectivity index (χ4n) is 2.76. The summed E-state index contributed by atoms with van der Waals surface area (Å²) >= 11 is 5.73. The number of aliphatic hydroxyl groups is 1. The first-order chi connectivity index (χ1) is 13.6. The lowest BCUT2D eigenvalue weighted by molar-refractivity contribution is -0.139. The number of rotatable bonds is 4. The zero-order valence-corrected chi connectivity index (χ0v) is 15.2. The van der Waals surface area contributed by atoms with Gasteiger partial charge in [0.25, 0.3) is 5.56 Å². The second-order valence-electron chi connectivity index (χ2n) is 6.24. The molecule has 0 radical (unpaired) electrons. The Morgan fingerprint density at radius 1 is 1.31 bits per heavy atom. The molecule has 1 aliphatic heterocycles. The highest BCUT2D eigenvalue weighted by molar-refractivity contribution is 6.30. The first kappa shape index (κ1) is 21.1. The van der Waals surface area contributed by atoms with E-state index in [9.17, 15) is 32.7 Å². The normalized spacial score (nSPS) is 21.9. The van der Waals surface area contributed by atoms with E-state index in [1.165, 1.54) is 24.3 Å². The number of nitrogens with one attached hydrogen (secondary N) is 1. The van der Waals surface area contributed by atoms with E-state index >= 15 is 0 Å². The summed E-state index contributed by atoms with van der Waals surface area (Å²) in [4.78, 5) is 36.8. The van der Waals surface area contributed by atoms with Crippen molar-refractivity contribution in [3.05, 3.63) is 67.4 Å². The quantitative estimate of drug-likeness (QED) is 0.709. The van der Waals surface area contributed by atoms with Crippen LogP contribution in [0.3, 0.4) is 0 Å². The Bertz CT molecular complexity index is 1020. The van der Waals surface area contributed by atoms with Crippen molar-refractivity contribution in [2.75, 3.05) is 6.61 Å². The first-order valence-corrected chi connectivity index (χ1v) is 8.63. The van der Waals surface area contributed by atoms with Crippen LogP contribution in [0.2, 0.25) is 5.02 Å². The van der Waals surface area contributed by atoms with Crippen molar-refractivity contribution in [2.45, 2.75) is 31.0 Å². The van der Waals surface area contributed by atoms with Crippen LogP contribution in [0.1, 0.15) is 28.6 Å². The summed E-state index contributed by atoms with van der Waals surface area (Å²) in [5.41, 5.74) is -4.08. The third-order valence-electron chi connectivity index (χ3n) is 4.25. The molecule has 1 aromatic heterocycles. The van der Waals surface area contributed by atoms with Gasteiger partial charge < -0.3 is 14.6 Å². The minimum atomic E-state index is -4.98. The number of carbonyl (C=O) groups excluding carboxylic acids is 1. The van der Waals surface area contributed by atoms with Crippen molar-refractivity contribution in [2.24, 2.45) is 0 Å². The van der Waals surface area contributed by atoms with Gasteiger partial charge >= 0.3 is 17.8 Å². The topological polar surface area (TPSA) is 111 Å². The number of aliphatic hydroxyl groups excluding tert-OH is 1. The molecule has 29 heavy (non-hydrogen) atoms. The monoisotopic (exact) mass is 434 g/mol. The first-order valence-electron chi connectivity index (χ1n) is 8.25. The molecule has 1 aliphatic rings. The predicted molar refractivity (Wildman–Crippen MR) is 92.6 cm³/mol. The van der Waals surface area contributed by atoms with Crippen molar-refractivity contribution >= 4 is 17.6 Å². The van der Waals surface area contributed by atoms with Gasteiger partial charge in [-0.25, -0.2) is 9.59 Å². The van der Waals surface area contributed by atoms with Gasteiger partial charge in [-0.3, -0.25) is 14.3 Å². The van der Waals surface area contributed by atoms with Crippen LogP contribution in [0.15, 0.2) is 40.1 Å². The zero-order chi connectivity index (χ0) is 21.3. The lowest BCUT2D eigenvalue weighted by Gasteiger charge is -2.17. The minimum absolute atomic E-state index is 0.199. The Morgan fingerprint density at radius 2 is 1.97 bits per heavy atom. The van der Waals surface area contributed by atoms with Crippen LogP contribution in [-0.4, -0.2) is 39.4 Å². The number of benzene rings is 1. The smallest absolute Gasteiger partial charge is 0.423 e. The largest absolute Gasteiger partial charge is 0.459 e. The van der Waals surface area contributed by atoms with E-state index in [4.69, 9.17) is 21.1 Å². The van der Waals surface area contributed by atoms with Gasteiger partial charge in [-0.05, 0) is 24.3 Å². The molecule has 0 aliphatic carbocycles. The summed E-state index contributed by atoms with van der Waals surface area (Å²) in [5, 5.41) is 10.5. The predicted octanol–water partition coefficient (Wildman–Crippen LogP) is 1.71. The molecule has 156 valence electrons. The van der Waals surface area contributed by atoms with E-state index in [2.05, 4.69) is 0 Å². The summed E-state index contributed by atoms with van der Waals surface area (Å²) in [6, 6.07) is 5.82. The Kier molecular flexibility index (Phi) is 5.82. The molecule has 2 aromatic rings. The van der Waals surface area contributed by atoms with E-state index in [1.54, 1.807) is 4.98 Å². The standard InChI is InChI=1S/C17H14ClF3N2O6/c18-9-3-1-8(2-4-9)15(26)28-7-12-11(24)5-13(29-12)23-6-10(17(19,20)21)14(25)22-16(23)27/h1-4,6,11-13,24H,5,7H2,(H,22,25,27)/t11-,12?,13-/m1/s1. The molecule has 0 amide bonds. The summed E-state index contributed by atoms with van der Waals surface area (Å²) in [6.45, 7) is -0.399. The molecule has 1 aromatic carbocycles. The van der Waals surface area contributed by atoms with Crippen LogP contribution in [0.4, 0.5) is 13.2 Å². The molecule has 3 rings (SSSR count). The van der Waals surface area contributed by atoms with E-state index in [0.717, 1.165) is 0 Å². The summed E-state index contributed by atoms with van der Waals surface area (Å²) in [5.74, 6) is -0.721. The Morgan fingerprint density at radius 3 is 2.59 bits per heavy atom. The van der Waals surface area contributed by atoms with Gasteiger partial charge in [0.15, 0.2) is 0 Å². The van der Waals surface area contributed by atoms with Gasteiger partial charge in [-0.1, -0.05) is 11.6 Å². The van der Waals surface area contributed by atoms with Crippen molar-refractivity contribution in [1.29, 1.82) is 0 Å². The van der Waals surface area contributed by atoms with Crippen LogP contribution < -0.4 is 11.2 Å². The number of esters is 1. The average molecular weight is 435 g/mol. The molecular weight excluding hydrogens is 421 g/mol. The summed E-state index contributed by atoms with van der Waals surface area (Å²) in [6.07, 6.45) is -8.47. The number of aromatic nitrogens is 2. The van der Waals surface area contributed by atoms with E-state index in [-0.39, 0.29) is 12.0 Å². The number of H-pyrrole nitrogens is 1. The number of aromatic amines is 1. The maximum absolute atomic E-state index is 12.9. The molecule has 8 nitrogen and oxygen atoms in total. The Balaban J connectivity index is 1.71. The fourth-order valence-corrected chi connectivity index (χ4v) is 2.89. The van der Waals surface area contributed by atoms with Gasteiger partial charge in [0, 0.05) is 17.6 Å². The van der Waals surface area contributed by atoms with Crippen molar-refractivity contribution < 1.29 is 32.5 Å². The number of alkyl halides is 3. The molecule has 2 N–H and O–H groups in total. The summed E-state index contributed by atoms with van der Waals surface area (Å²) in [7, 11) is 0. The number of nitrogens with zero attached hydrogens (tertiary/aromatic N) is 1. The molecule has 2 heterocycles. The van der Waals surface area contributed by atoms with Crippen molar-refractivity contribution in [1.82, 2.24) is 9.55 Å². The Hall–Kier alpha value is -2.63. The number of carbonyl (C=O) groups is 1. The number of hydrogen-bond donors (Lipinski definition) is 2. The maximum Gasteiger partial charge on any atom is 0.423 e. The van der Waals surface area contributed by atoms with Crippen molar-refractivity contribution in [3.8, 4) is 0 Å². The van der Waals surface area contributed by atoms with Crippen LogP contribution in [0, 0.1) is 0 Å². The SMILES string of the molecule is O=C(OCC1O[C@@H](n2cc(C(F)(F)F)c(=O)[nH]c2=O)C[C@H]1O)c1ccc(Cl)cc1. The van der Waals surface area contributed by atoms with Gasteiger partial charge in [0.2, 0.25) is 0 Å². The minimum Gasteiger partial charge on any atom is -0.459 e. The molecule has 12 heteroatoms. The third kappa shape index (κ3) is 4.69. The molecule has 1 fully saturated rings. The van der Waals surface area contributed by atoms with E-state index < -0.39 is 54.0 Å². The Labute approximate surface area is 165 Å². The second kappa shape index (κ2) is 8.01. The average Bonchev–Trinajstić information content (AvgIpc) is 2.99. The fraction of sp³-hybridized carbons (Fsp3) is 0.353. The molecule has 0 bridgehead atoms. The van der Waals surface area contributed by atoms with Gasteiger partial charge in [0.05, 0.1) is 11.7 Å². The van der Waals surface area contributed by atoms with E-state index in [0.29, 0.717) is 15.8 Å². The molecule has 1 saturated heterocycles. The number of hydrogen-bond acceptors (Lipinski definition) is 6. The molecule has 1 unspecified atom stereocenters. The molecular formula is C17H14ClF3N2O6. The summed E-state index contributed by atoms with van der Waals surface area (Å²) < 4.78 is 49.7. The number of ether oxygens (including phenoxy) is 2. The second-order valence-corrected chi connectivity index (χ2v) is 6.68. The van der Waals surface area contributed by atoms with E-state index in [1.807, 2.05) is 0 Å². The third-order valence-corrected chi connectivity index (χ3v) is 4.50. The van der Waals surface area contributed by atoms with Gasteiger partial charge in [0.1, 0.15) is 24.5 Å². The lowest BCUT2D eigenvalue weighted by Crippen LogP contribution is -2.36. The number of halogens is 4. The van der Waals surface area contributed by atoms with Gasteiger partial charge in [-0.2, -0.15) is 13.2 Å². The highest BCUT2D eigenvalue weighted by Crippen LogP contribution is 2.30. The lowest BCUT2D eigenvalue weighted by atomic mass is 10.2. The highest BCUT2D eigenvalue weighted by atomic mass is 35.5. The van der Waals surface area contributed by atoms with Crippen LogP contribution >= 0.6 is 11.6 Å². The molecule has 0 spiro atoms. The highest BCUT2D eigenvalue weighted by Gasteiger charge is 2.39.